The van der Waals surface area contributed by atoms with Gasteiger partial charge in [0, 0.05) is 5.56 Å². The number of nitrogens with one attached hydrogen (secondary N) is 1. The molecular formula is C16H23NO2. The maximum atomic E-state index is 12.3. The highest BCUT2D eigenvalue weighted by Gasteiger charge is 2.27. The summed E-state index contributed by atoms with van der Waals surface area (Å²) in [5.74, 6) is -0.0764. The van der Waals surface area contributed by atoms with E-state index in [1.54, 1.807) is 0 Å². The Morgan fingerprint density at radius 3 is 2.58 bits per heavy atom. The summed E-state index contributed by atoms with van der Waals surface area (Å²) >= 11 is 0. The van der Waals surface area contributed by atoms with Gasteiger partial charge < -0.3 is 10.4 Å². The van der Waals surface area contributed by atoms with Crippen molar-refractivity contribution >= 4 is 5.91 Å². The minimum Gasteiger partial charge on any atom is -0.394 e. The Hall–Kier alpha value is -1.35. The van der Waals surface area contributed by atoms with Crippen molar-refractivity contribution in [2.75, 3.05) is 6.61 Å². The van der Waals surface area contributed by atoms with Gasteiger partial charge in [-0.3, -0.25) is 4.79 Å². The van der Waals surface area contributed by atoms with E-state index in [-0.39, 0.29) is 12.5 Å². The molecule has 1 aromatic carbocycles. The molecule has 1 aromatic rings. The molecule has 0 saturated carbocycles. The molecule has 2 N–H and O–H groups in total. The maximum Gasteiger partial charge on any atom is 0.251 e. The van der Waals surface area contributed by atoms with Crippen molar-refractivity contribution in [3.63, 3.8) is 0 Å². The molecule has 0 aromatic heterocycles. The molecule has 0 heterocycles. The number of amides is 1. The van der Waals surface area contributed by atoms with Crippen LogP contribution in [0.5, 0.6) is 0 Å². The number of aliphatic hydroxyl groups is 1. The van der Waals surface area contributed by atoms with Gasteiger partial charge in [0.05, 0.1) is 12.1 Å². The van der Waals surface area contributed by atoms with Gasteiger partial charge in [0.1, 0.15) is 0 Å². The first-order valence-corrected chi connectivity index (χ1v) is 7.19. The third kappa shape index (κ3) is 2.81. The van der Waals surface area contributed by atoms with Crippen molar-refractivity contribution in [2.24, 2.45) is 0 Å². The number of fused-ring (bicyclic) bond motifs is 1. The van der Waals surface area contributed by atoms with Crippen molar-refractivity contribution in [1.29, 1.82) is 0 Å². The summed E-state index contributed by atoms with van der Waals surface area (Å²) in [7, 11) is 0. The van der Waals surface area contributed by atoms with E-state index in [0.717, 1.165) is 25.7 Å². The number of hydrogen-bond acceptors (Lipinski definition) is 2. The van der Waals surface area contributed by atoms with Crippen molar-refractivity contribution in [2.45, 2.75) is 51.5 Å². The van der Waals surface area contributed by atoms with Crippen LogP contribution in [0, 0.1) is 0 Å². The van der Waals surface area contributed by atoms with Gasteiger partial charge in [-0.15, -0.1) is 0 Å². The minimum absolute atomic E-state index is 0.0172. The molecule has 3 heteroatoms. The van der Waals surface area contributed by atoms with Crippen molar-refractivity contribution in [1.82, 2.24) is 5.32 Å². The van der Waals surface area contributed by atoms with E-state index in [0.29, 0.717) is 5.56 Å². The number of aliphatic hydroxyl groups excluding tert-OH is 1. The van der Waals surface area contributed by atoms with Gasteiger partial charge in [-0.2, -0.15) is 0 Å². The van der Waals surface area contributed by atoms with E-state index in [1.807, 2.05) is 26.0 Å². The summed E-state index contributed by atoms with van der Waals surface area (Å²) < 4.78 is 0. The molecule has 0 atom stereocenters. The highest BCUT2D eigenvalue weighted by molar-refractivity contribution is 5.95. The topological polar surface area (TPSA) is 49.3 Å². The number of carbonyl (C=O) groups excluding carboxylic acids is 1. The summed E-state index contributed by atoms with van der Waals surface area (Å²) in [4.78, 5) is 12.3. The van der Waals surface area contributed by atoms with Crippen LogP contribution in [0.2, 0.25) is 0 Å². The largest absolute Gasteiger partial charge is 0.394 e. The van der Waals surface area contributed by atoms with Crippen molar-refractivity contribution in [3.8, 4) is 0 Å². The molecule has 0 bridgehead atoms. The molecule has 1 amide bonds. The SMILES string of the molecule is CCC(CC)(CO)NC(=O)c1ccc2c(c1)CCC2. The summed E-state index contributed by atoms with van der Waals surface area (Å²) in [6.45, 7) is 3.96. The molecule has 104 valence electrons. The van der Waals surface area contributed by atoms with E-state index in [1.165, 1.54) is 17.5 Å². The second kappa shape index (κ2) is 5.74. The number of carbonyl (C=O) groups is 1. The predicted molar refractivity (Wildman–Crippen MR) is 76.3 cm³/mol. The first-order chi connectivity index (χ1) is 9.14. The zero-order valence-corrected chi connectivity index (χ0v) is 11.8. The standard InChI is InChI=1S/C16H23NO2/c1-3-16(4-2,11-18)17-15(19)14-9-8-12-6-5-7-13(12)10-14/h8-10,18H,3-7,11H2,1-2H3,(H,17,19). The number of rotatable bonds is 5. The highest BCUT2D eigenvalue weighted by atomic mass is 16.3. The Labute approximate surface area is 115 Å². The van der Waals surface area contributed by atoms with Crippen LogP contribution in [0.4, 0.5) is 0 Å². The summed E-state index contributed by atoms with van der Waals surface area (Å²) in [5.41, 5.74) is 2.89. The lowest BCUT2D eigenvalue weighted by atomic mass is 9.93. The van der Waals surface area contributed by atoms with Crippen LogP contribution in [0.3, 0.4) is 0 Å². The van der Waals surface area contributed by atoms with Gasteiger partial charge in [0.15, 0.2) is 0 Å². The van der Waals surface area contributed by atoms with E-state index in [2.05, 4.69) is 11.4 Å². The normalized spacial score (nSPS) is 14.3. The van der Waals surface area contributed by atoms with E-state index < -0.39 is 5.54 Å². The molecule has 0 fully saturated rings. The van der Waals surface area contributed by atoms with Crippen LogP contribution >= 0.6 is 0 Å². The van der Waals surface area contributed by atoms with Crippen LogP contribution < -0.4 is 5.32 Å². The van der Waals surface area contributed by atoms with Gasteiger partial charge in [-0.1, -0.05) is 19.9 Å². The van der Waals surface area contributed by atoms with Crippen LogP contribution in [-0.2, 0) is 12.8 Å². The molecule has 0 spiro atoms. The highest BCUT2D eigenvalue weighted by Crippen LogP contribution is 2.23. The number of aryl methyl sites for hydroxylation is 2. The molecule has 0 radical (unpaired) electrons. The molecule has 0 unspecified atom stereocenters. The smallest absolute Gasteiger partial charge is 0.251 e. The maximum absolute atomic E-state index is 12.3. The van der Waals surface area contributed by atoms with Crippen molar-refractivity contribution < 1.29 is 9.90 Å². The quantitative estimate of drug-likeness (QED) is 0.855. The minimum atomic E-state index is -0.490. The van der Waals surface area contributed by atoms with Gasteiger partial charge in [0.25, 0.3) is 5.91 Å². The Morgan fingerprint density at radius 2 is 1.95 bits per heavy atom. The molecule has 1 aliphatic rings. The third-order valence-electron chi connectivity index (χ3n) is 4.40. The zero-order chi connectivity index (χ0) is 13.9. The molecule has 0 saturated heterocycles. The molecule has 3 nitrogen and oxygen atoms in total. The van der Waals surface area contributed by atoms with Crippen LogP contribution in [0.15, 0.2) is 18.2 Å². The predicted octanol–water partition coefficient (Wildman–Crippen LogP) is 2.46. The van der Waals surface area contributed by atoms with Crippen LogP contribution in [-0.4, -0.2) is 23.2 Å². The second-order valence-corrected chi connectivity index (χ2v) is 5.44. The molecular weight excluding hydrogens is 238 g/mol. The Kier molecular flexibility index (Phi) is 4.25. The average Bonchev–Trinajstić information content (AvgIpc) is 2.92. The number of hydrogen-bond donors (Lipinski definition) is 2. The fraction of sp³-hybridized carbons (Fsp3) is 0.562. The lowest BCUT2D eigenvalue weighted by Gasteiger charge is -2.30. The fourth-order valence-corrected chi connectivity index (χ4v) is 2.72. The lowest BCUT2D eigenvalue weighted by Crippen LogP contribution is -2.50. The molecule has 2 rings (SSSR count). The van der Waals surface area contributed by atoms with Gasteiger partial charge in [0.2, 0.25) is 0 Å². The fourth-order valence-electron chi connectivity index (χ4n) is 2.72. The Morgan fingerprint density at radius 1 is 1.26 bits per heavy atom. The molecule has 0 aliphatic heterocycles. The summed E-state index contributed by atoms with van der Waals surface area (Å²) in [5, 5.41) is 12.5. The van der Waals surface area contributed by atoms with E-state index in [9.17, 15) is 9.90 Å². The molecule has 19 heavy (non-hydrogen) atoms. The first kappa shape index (κ1) is 14.1. The van der Waals surface area contributed by atoms with Gasteiger partial charge >= 0.3 is 0 Å². The Balaban J connectivity index is 2.16. The monoisotopic (exact) mass is 261 g/mol. The number of benzene rings is 1. The average molecular weight is 261 g/mol. The van der Waals surface area contributed by atoms with E-state index >= 15 is 0 Å². The van der Waals surface area contributed by atoms with Gasteiger partial charge in [-0.25, -0.2) is 0 Å². The van der Waals surface area contributed by atoms with Crippen LogP contribution in [0.1, 0.15) is 54.6 Å². The zero-order valence-electron chi connectivity index (χ0n) is 11.8. The lowest BCUT2D eigenvalue weighted by molar-refractivity contribution is 0.0818. The van der Waals surface area contributed by atoms with E-state index in [4.69, 9.17) is 0 Å². The molecule has 1 aliphatic carbocycles. The van der Waals surface area contributed by atoms with Crippen LogP contribution in [0.25, 0.3) is 0 Å². The summed E-state index contributed by atoms with van der Waals surface area (Å²) in [6.07, 6.45) is 4.85. The van der Waals surface area contributed by atoms with Crippen molar-refractivity contribution in [3.05, 3.63) is 34.9 Å². The Bertz CT molecular complexity index is 456. The summed E-state index contributed by atoms with van der Waals surface area (Å²) in [6, 6.07) is 5.97. The third-order valence-corrected chi connectivity index (χ3v) is 4.40. The second-order valence-electron chi connectivity index (χ2n) is 5.44. The van der Waals surface area contributed by atoms with Gasteiger partial charge in [-0.05, 0) is 55.4 Å². The first-order valence-electron chi connectivity index (χ1n) is 7.19.